The number of rotatable bonds is 9. The molecule has 0 saturated heterocycles. The zero-order valence-electron chi connectivity index (χ0n) is 12.2. The number of phenols is 1. The van der Waals surface area contributed by atoms with Crippen molar-refractivity contribution in [3.8, 4) is 11.5 Å². The maximum absolute atomic E-state index is 11.8. The van der Waals surface area contributed by atoms with E-state index in [2.05, 4.69) is 15.9 Å². The summed E-state index contributed by atoms with van der Waals surface area (Å²) >= 11 is 3.39. The summed E-state index contributed by atoms with van der Waals surface area (Å²) in [6.07, 6.45) is 4.03. The second-order valence-electron chi connectivity index (χ2n) is 4.71. The third kappa shape index (κ3) is 4.51. The van der Waals surface area contributed by atoms with Crippen LogP contribution in [0.3, 0.4) is 0 Å². The molecule has 0 amide bonds. The molecule has 0 spiro atoms. The molecule has 0 unspecified atom stereocenters. The first-order valence-electron chi connectivity index (χ1n) is 7.22. The minimum Gasteiger partial charge on any atom is -0.507 e. The quantitative estimate of drug-likeness (QED) is 0.408. The first kappa shape index (κ1) is 17.0. The Hall–Kier alpha value is -1.03. The monoisotopic (exact) mass is 342 g/mol. The van der Waals surface area contributed by atoms with E-state index in [9.17, 15) is 9.90 Å². The van der Waals surface area contributed by atoms with Crippen molar-refractivity contribution < 1.29 is 14.6 Å². The molecule has 0 saturated carbocycles. The number of ketones is 1. The Kier molecular flexibility index (Phi) is 7.67. The van der Waals surface area contributed by atoms with E-state index in [1.807, 2.05) is 13.0 Å². The lowest BCUT2D eigenvalue weighted by atomic mass is 10.00. The highest BCUT2D eigenvalue weighted by atomic mass is 79.9. The van der Waals surface area contributed by atoms with Crippen LogP contribution in [0.15, 0.2) is 12.1 Å². The van der Waals surface area contributed by atoms with Crippen LogP contribution in [0.4, 0.5) is 0 Å². The van der Waals surface area contributed by atoms with Crippen LogP contribution in [0.2, 0.25) is 0 Å². The number of hydrogen-bond donors (Lipinski definition) is 1. The largest absolute Gasteiger partial charge is 0.507 e. The van der Waals surface area contributed by atoms with Gasteiger partial charge in [-0.15, -0.1) is 0 Å². The third-order valence-electron chi connectivity index (χ3n) is 3.15. The van der Waals surface area contributed by atoms with E-state index in [1.54, 1.807) is 13.0 Å². The number of phenolic OH excluding ortho intramolecular Hbond substituents is 1. The van der Waals surface area contributed by atoms with Crippen molar-refractivity contribution in [2.75, 3.05) is 11.9 Å². The van der Waals surface area contributed by atoms with E-state index in [-0.39, 0.29) is 11.5 Å². The molecule has 20 heavy (non-hydrogen) atoms. The molecule has 3 nitrogen and oxygen atoms in total. The second-order valence-corrected chi connectivity index (χ2v) is 5.50. The number of alkyl halides is 1. The number of halogens is 1. The Morgan fingerprint density at radius 1 is 1.30 bits per heavy atom. The van der Waals surface area contributed by atoms with Crippen LogP contribution in [0.25, 0.3) is 0 Å². The van der Waals surface area contributed by atoms with Crippen molar-refractivity contribution >= 4 is 21.7 Å². The fraction of sp³-hybridized carbons (Fsp3) is 0.562. The Bertz CT molecular complexity index is 444. The molecule has 1 aromatic carbocycles. The summed E-state index contributed by atoms with van der Waals surface area (Å²) in [6.45, 7) is 4.47. The van der Waals surface area contributed by atoms with Crippen LogP contribution >= 0.6 is 15.9 Å². The highest BCUT2D eigenvalue weighted by Gasteiger charge is 2.16. The number of carbonyl (C=O) groups excluding carboxylic acids is 1. The molecule has 0 heterocycles. The minimum absolute atomic E-state index is 0.0364. The van der Waals surface area contributed by atoms with Crippen LogP contribution in [-0.2, 0) is 6.42 Å². The van der Waals surface area contributed by atoms with Crippen molar-refractivity contribution in [2.24, 2.45) is 0 Å². The topological polar surface area (TPSA) is 46.5 Å². The normalized spacial score (nSPS) is 10.6. The molecule has 0 fully saturated rings. The first-order valence-corrected chi connectivity index (χ1v) is 8.34. The van der Waals surface area contributed by atoms with Crippen molar-refractivity contribution in [3.63, 3.8) is 0 Å². The molecule has 4 heteroatoms. The van der Waals surface area contributed by atoms with Gasteiger partial charge in [0.1, 0.15) is 11.5 Å². The third-order valence-corrected chi connectivity index (χ3v) is 3.71. The maximum Gasteiger partial charge on any atom is 0.166 e. The van der Waals surface area contributed by atoms with Crippen LogP contribution in [0.5, 0.6) is 11.5 Å². The minimum atomic E-state index is -0.0364. The van der Waals surface area contributed by atoms with Gasteiger partial charge in [-0.2, -0.15) is 0 Å². The van der Waals surface area contributed by atoms with Gasteiger partial charge in [-0.25, -0.2) is 0 Å². The molecule has 0 atom stereocenters. The molecular formula is C16H23BrO3. The van der Waals surface area contributed by atoms with Crippen molar-refractivity contribution in [2.45, 2.75) is 46.0 Å². The Morgan fingerprint density at radius 3 is 2.65 bits per heavy atom. The van der Waals surface area contributed by atoms with Crippen molar-refractivity contribution in [3.05, 3.63) is 23.3 Å². The maximum atomic E-state index is 11.8. The lowest BCUT2D eigenvalue weighted by Gasteiger charge is -2.14. The zero-order chi connectivity index (χ0) is 15.0. The zero-order valence-corrected chi connectivity index (χ0v) is 13.8. The van der Waals surface area contributed by atoms with Gasteiger partial charge in [0.15, 0.2) is 5.78 Å². The fourth-order valence-corrected chi connectivity index (χ4v) is 2.44. The molecule has 0 aliphatic heterocycles. The lowest BCUT2D eigenvalue weighted by molar-refractivity contribution is 0.0985. The molecular weight excluding hydrogens is 320 g/mol. The number of Topliss-reactive ketones (excluding diaryl/α,β-unsaturated/α-hetero) is 1. The predicted octanol–water partition coefficient (Wildman–Crippen LogP) is 4.49. The van der Waals surface area contributed by atoms with Crippen molar-refractivity contribution in [1.29, 1.82) is 0 Å². The summed E-state index contributed by atoms with van der Waals surface area (Å²) < 4.78 is 5.75. The summed E-state index contributed by atoms with van der Waals surface area (Å²) in [4.78, 5) is 11.8. The molecule has 0 aliphatic carbocycles. The van der Waals surface area contributed by atoms with Crippen LogP contribution in [0.1, 0.15) is 55.5 Å². The smallest absolute Gasteiger partial charge is 0.166 e. The van der Waals surface area contributed by atoms with Gasteiger partial charge in [-0.05, 0) is 31.4 Å². The highest BCUT2D eigenvalue weighted by molar-refractivity contribution is 9.09. The fourth-order valence-electron chi connectivity index (χ4n) is 2.04. The van der Waals surface area contributed by atoms with E-state index in [4.69, 9.17) is 4.74 Å². The highest BCUT2D eigenvalue weighted by Crippen LogP contribution is 2.33. The molecule has 0 aliphatic rings. The molecule has 112 valence electrons. The molecule has 0 aromatic heterocycles. The van der Waals surface area contributed by atoms with Gasteiger partial charge in [0.05, 0.1) is 12.2 Å². The van der Waals surface area contributed by atoms with Gasteiger partial charge in [0.25, 0.3) is 0 Å². The summed E-state index contributed by atoms with van der Waals surface area (Å²) in [5, 5.41) is 11.3. The van der Waals surface area contributed by atoms with Gasteiger partial charge >= 0.3 is 0 Å². The lowest BCUT2D eigenvalue weighted by Crippen LogP contribution is -2.04. The van der Waals surface area contributed by atoms with Crippen LogP contribution in [0, 0.1) is 0 Å². The van der Waals surface area contributed by atoms with Crippen LogP contribution < -0.4 is 4.74 Å². The summed E-state index contributed by atoms with van der Waals surface area (Å²) in [5.74, 6) is 0.758. The van der Waals surface area contributed by atoms with Crippen LogP contribution in [-0.4, -0.2) is 22.8 Å². The molecule has 1 aromatic rings. The number of unbranched alkanes of at least 4 members (excludes halogenated alkanes) is 1. The number of ether oxygens (including phenoxy) is 1. The Labute approximate surface area is 129 Å². The van der Waals surface area contributed by atoms with E-state index >= 15 is 0 Å². The number of carbonyl (C=O) groups is 1. The van der Waals surface area contributed by atoms with Gasteiger partial charge in [0, 0.05) is 17.3 Å². The van der Waals surface area contributed by atoms with E-state index < -0.39 is 0 Å². The van der Waals surface area contributed by atoms with Gasteiger partial charge in [0.2, 0.25) is 0 Å². The average molecular weight is 343 g/mol. The van der Waals surface area contributed by atoms with E-state index in [0.717, 1.165) is 30.2 Å². The van der Waals surface area contributed by atoms with Crippen molar-refractivity contribution in [1.82, 2.24) is 0 Å². The summed E-state index contributed by atoms with van der Waals surface area (Å²) in [6, 6.07) is 3.47. The summed E-state index contributed by atoms with van der Waals surface area (Å²) in [5.41, 5.74) is 1.16. The Morgan fingerprint density at radius 2 is 2.05 bits per heavy atom. The Balaban J connectivity index is 2.94. The number of hydrogen-bond acceptors (Lipinski definition) is 3. The number of benzene rings is 1. The molecule has 1 rings (SSSR count). The molecule has 0 bridgehead atoms. The standard InChI is InChI=1S/C16H23BrO3/c1-3-7-13-15(20-11-6-5-10-17)9-8-12(16(13)19)14(18)4-2/h8-9,19H,3-7,10-11H2,1-2H3. The average Bonchev–Trinajstić information content (AvgIpc) is 2.46. The second kappa shape index (κ2) is 9.01. The SMILES string of the molecule is CCCc1c(OCCCCBr)ccc(C(=O)CC)c1O. The van der Waals surface area contributed by atoms with Gasteiger partial charge in [-0.1, -0.05) is 36.2 Å². The molecule has 0 radical (unpaired) electrons. The van der Waals surface area contributed by atoms with E-state index in [0.29, 0.717) is 30.8 Å². The van der Waals surface area contributed by atoms with Gasteiger partial charge in [-0.3, -0.25) is 4.79 Å². The van der Waals surface area contributed by atoms with Gasteiger partial charge < -0.3 is 9.84 Å². The molecule has 1 N–H and O–H groups in total. The first-order chi connectivity index (χ1) is 9.65. The number of aromatic hydroxyl groups is 1. The van der Waals surface area contributed by atoms with E-state index in [1.165, 1.54) is 0 Å². The summed E-state index contributed by atoms with van der Waals surface area (Å²) in [7, 11) is 0. The predicted molar refractivity (Wildman–Crippen MR) is 85.2 cm³/mol.